The van der Waals surface area contributed by atoms with E-state index in [1.807, 2.05) is 19.1 Å². The minimum atomic E-state index is -0.0464. The maximum Gasteiger partial charge on any atom is 0.237 e. The summed E-state index contributed by atoms with van der Waals surface area (Å²) in [7, 11) is 0. The van der Waals surface area contributed by atoms with Crippen LogP contribution in [0.5, 0.6) is 5.75 Å². The van der Waals surface area contributed by atoms with Crippen LogP contribution in [0.15, 0.2) is 24.3 Å². The van der Waals surface area contributed by atoms with E-state index in [0.717, 1.165) is 32.4 Å². The molecule has 0 bridgehead atoms. The highest BCUT2D eigenvalue weighted by atomic mass is 16.3. The Kier molecular flexibility index (Phi) is 6.00. The summed E-state index contributed by atoms with van der Waals surface area (Å²) >= 11 is 0. The summed E-state index contributed by atoms with van der Waals surface area (Å²) in [5, 5.41) is 12.7. The molecule has 3 unspecified atom stereocenters. The van der Waals surface area contributed by atoms with Gasteiger partial charge in [0.1, 0.15) is 5.75 Å². The first kappa shape index (κ1) is 18.2. The molecule has 1 heterocycles. The largest absolute Gasteiger partial charge is 0.508 e. The molecule has 3 atom stereocenters. The van der Waals surface area contributed by atoms with Gasteiger partial charge in [-0.15, -0.1) is 0 Å². The number of aromatic hydroxyl groups is 1. The maximum atomic E-state index is 12.7. The molecule has 25 heavy (non-hydrogen) atoms. The molecular weight excluding hydrogens is 312 g/mol. The van der Waals surface area contributed by atoms with E-state index in [2.05, 4.69) is 17.1 Å². The predicted octanol–water partition coefficient (Wildman–Crippen LogP) is 3.66. The maximum absolute atomic E-state index is 12.7. The fraction of sp³-hybridized carbons (Fsp3) is 0.667. The van der Waals surface area contributed by atoms with Crippen molar-refractivity contribution in [3.63, 3.8) is 0 Å². The lowest BCUT2D eigenvalue weighted by atomic mass is 9.85. The number of benzene rings is 1. The van der Waals surface area contributed by atoms with Gasteiger partial charge < -0.3 is 10.4 Å². The summed E-state index contributed by atoms with van der Waals surface area (Å²) in [6.07, 6.45) is 7.04. The first-order valence-corrected chi connectivity index (χ1v) is 9.88. The zero-order valence-corrected chi connectivity index (χ0v) is 15.6. The van der Waals surface area contributed by atoms with E-state index in [1.54, 1.807) is 12.1 Å². The van der Waals surface area contributed by atoms with Crippen molar-refractivity contribution in [1.82, 2.24) is 10.2 Å². The van der Waals surface area contributed by atoms with Crippen molar-refractivity contribution in [1.29, 1.82) is 0 Å². The normalized spacial score (nSPS) is 27.0. The molecule has 1 aliphatic carbocycles. The number of hydrogen-bond donors (Lipinski definition) is 2. The Labute approximate surface area is 151 Å². The average Bonchev–Trinajstić information content (AvgIpc) is 2.64. The van der Waals surface area contributed by atoms with Crippen LogP contribution in [0.4, 0.5) is 0 Å². The van der Waals surface area contributed by atoms with E-state index < -0.39 is 0 Å². The molecule has 1 aromatic rings. The molecular formula is C21H32N2O2. The second kappa shape index (κ2) is 8.22. The van der Waals surface area contributed by atoms with Crippen LogP contribution in [-0.4, -0.2) is 41.1 Å². The van der Waals surface area contributed by atoms with Crippen molar-refractivity contribution in [2.75, 3.05) is 13.1 Å². The van der Waals surface area contributed by atoms with Crippen LogP contribution in [0, 0.1) is 5.92 Å². The van der Waals surface area contributed by atoms with Crippen LogP contribution in [0.3, 0.4) is 0 Å². The highest BCUT2D eigenvalue weighted by Crippen LogP contribution is 2.30. The number of piperidine rings is 1. The molecule has 1 aromatic carbocycles. The van der Waals surface area contributed by atoms with Gasteiger partial charge in [0.05, 0.1) is 6.04 Å². The van der Waals surface area contributed by atoms with Gasteiger partial charge in [0.15, 0.2) is 0 Å². The van der Waals surface area contributed by atoms with Gasteiger partial charge in [-0.05, 0) is 75.2 Å². The van der Waals surface area contributed by atoms with Crippen LogP contribution >= 0.6 is 0 Å². The van der Waals surface area contributed by atoms with E-state index in [0.29, 0.717) is 23.6 Å². The Bertz CT molecular complexity index is 564. The van der Waals surface area contributed by atoms with Gasteiger partial charge in [-0.1, -0.05) is 31.9 Å². The fourth-order valence-electron chi connectivity index (χ4n) is 4.37. The first-order chi connectivity index (χ1) is 12.0. The standard InChI is InChI=1S/C21H32N2O2/c1-15-5-3-4-6-20(15)22-21(25)16(2)23-13-11-18(12-14-23)17-7-9-19(24)10-8-17/h7-10,15-16,18,20,24H,3-6,11-14H2,1-2H3,(H,22,25). The fourth-order valence-corrected chi connectivity index (χ4v) is 4.37. The molecule has 2 N–H and O–H groups in total. The Morgan fingerprint density at radius 2 is 1.76 bits per heavy atom. The Morgan fingerprint density at radius 1 is 1.12 bits per heavy atom. The van der Waals surface area contributed by atoms with Gasteiger partial charge >= 0.3 is 0 Å². The van der Waals surface area contributed by atoms with Gasteiger partial charge in [-0.2, -0.15) is 0 Å². The van der Waals surface area contributed by atoms with Crippen LogP contribution in [0.1, 0.15) is 63.9 Å². The molecule has 0 aromatic heterocycles. The Morgan fingerprint density at radius 3 is 2.40 bits per heavy atom. The summed E-state index contributed by atoms with van der Waals surface area (Å²) in [5.41, 5.74) is 1.30. The molecule has 0 radical (unpaired) electrons. The lowest BCUT2D eigenvalue weighted by molar-refractivity contribution is -0.127. The average molecular weight is 344 g/mol. The SMILES string of the molecule is CC1CCCCC1NC(=O)C(C)N1CCC(c2ccc(O)cc2)CC1. The second-order valence-corrected chi connectivity index (χ2v) is 7.95. The molecule has 4 nitrogen and oxygen atoms in total. The van der Waals surface area contributed by atoms with Gasteiger partial charge in [0, 0.05) is 6.04 Å². The smallest absolute Gasteiger partial charge is 0.237 e. The molecule has 1 aliphatic heterocycles. The zero-order chi connectivity index (χ0) is 17.8. The molecule has 138 valence electrons. The number of phenolic OH excluding ortho intramolecular Hbond substituents is 1. The lowest BCUT2D eigenvalue weighted by Crippen LogP contribution is -2.52. The quantitative estimate of drug-likeness (QED) is 0.876. The number of rotatable bonds is 4. The van der Waals surface area contributed by atoms with E-state index in [4.69, 9.17) is 0 Å². The summed E-state index contributed by atoms with van der Waals surface area (Å²) in [5.74, 6) is 1.65. The summed E-state index contributed by atoms with van der Waals surface area (Å²) in [4.78, 5) is 15.0. The third-order valence-electron chi connectivity index (χ3n) is 6.26. The number of phenols is 1. The predicted molar refractivity (Wildman–Crippen MR) is 101 cm³/mol. The number of nitrogens with one attached hydrogen (secondary N) is 1. The molecule has 4 heteroatoms. The summed E-state index contributed by atoms with van der Waals surface area (Å²) < 4.78 is 0. The molecule has 2 fully saturated rings. The van der Waals surface area contributed by atoms with Crippen LogP contribution in [0.2, 0.25) is 0 Å². The van der Waals surface area contributed by atoms with E-state index in [1.165, 1.54) is 24.8 Å². The van der Waals surface area contributed by atoms with Crippen LogP contribution < -0.4 is 5.32 Å². The van der Waals surface area contributed by atoms with Crippen molar-refractivity contribution in [2.45, 2.75) is 70.4 Å². The van der Waals surface area contributed by atoms with E-state index in [9.17, 15) is 9.90 Å². The van der Waals surface area contributed by atoms with Crippen molar-refractivity contribution < 1.29 is 9.90 Å². The molecule has 1 saturated carbocycles. The third-order valence-corrected chi connectivity index (χ3v) is 6.26. The highest BCUT2D eigenvalue weighted by molar-refractivity contribution is 5.81. The van der Waals surface area contributed by atoms with Gasteiger partial charge in [0.25, 0.3) is 0 Å². The first-order valence-electron chi connectivity index (χ1n) is 9.88. The van der Waals surface area contributed by atoms with Crippen LogP contribution in [-0.2, 0) is 4.79 Å². The van der Waals surface area contributed by atoms with E-state index in [-0.39, 0.29) is 11.9 Å². The van der Waals surface area contributed by atoms with Crippen molar-refractivity contribution in [3.05, 3.63) is 29.8 Å². The summed E-state index contributed by atoms with van der Waals surface area (Å²) in [6, 6.07) is 7.90. The van der Waals surface area contributed by atoms with Gasteiger partial charge in [-0.3, -0.25) is 9.69 Å². The topological polar surface area (TPSA) is 52.6 Å². The lowest BCUT2D eigenvalue weighted by Gasteiger charge is -2.37. The minimum absolute atomic E-state index is 0.0464. The van der Waals surface area contributed by atoms with Gasteiger partial charge in [0.2, 0.25) is 5.91 Å². The molecule has 1 saturated heterocycles. The highest BCUT2D eigenvalue weighted by Gasteiger charge is 2.30. The molecule has 0 spiro atoms. The number of hydrogen-bond acceptors (Lipinski definition) is 3. The summed E-state index contributed by atoms with van der Waals surface area (Å²) in [6.45, 7) is 6.22. The second-order valence-electron chi connectivity index (χ2n) is 7.95. The number of likely N-dealkylation sites (tertiary alicyclic amines) is 1. The van der Waals surface area contributed by atoms with Gasteiger partial charge in [-0.25, -0.2) is 0 Å². The number of nitrogens with zero attached hydrogens (tertiary/aromatic N) is 1. The van der Waals surface area contributed by atoms with Crippen LogP contribution in [0.25, 0.3) is 0 Å². The molecule has 3 rings (SSSR count). The third kappa shape index (κ3) is 4.55. The number of carbonyl (C=O) groups excluding carboxylic acids is 1. The van der Waals surface area contributed by atoms with Crippen molar-refractivity contribution >= 4 is 5.91 Å². The Hall–Kier alpha value is -1.55. The minimum Gasteiger partial charge on any atom is -0.508 e. The number of amides is 1. The van der Waals surface area contributed by atoms with Crippen molar-refractivity contribution in [3.8, 4) is 5.75 Å². The molecule has 2 aliphatic rings. The Balaban J connectivity index is 1.49. The van der Waals surface area contributed by atoms with E-state index >= 15 is 0 Å². The number of carbonyl (C=O) groups is 1. The monoisotopic (exact) mass is 344 g/mol. The zero-order valence-electron chi connectivity index (χ0n) is 15.6. The molecule has 1 amide bonds. The van der Waals surface area contributed by atoms with Crippen molar-refractivity contribution in [2.24, 2.45) is 5.92 Å².